The fourth-order valence-electron chi connectivity index (χ4n) is 4.91. The van der Waals surface area contributed by atoms with Crippen LogP contribution in [-0.4, -0.2) is 39.7 Å². The average Bonchev–Trinajstić information content (AvgIpc) is 3.33. The number of aliphatic imine (C=N–C) groups is 1. The number of aromatic hydroxyl groups is 1. The van der Waals surface area contributed by atoms with Crippen molar-refractivity contribution in [1.82, 2.24) is 9.61 Å². The number of hydrogen-bond acceptors (Lipinski definition) is 6. The van der Waals surface area contributed by atoms with Crippen LogP contribution in [0, 0.1) is 12.7 Å². The molecule has 1 aliphatic carbocycles. The Labute approximate surface area is 225 Å². The van der Waals surface area contributed by atoms with E-state index in [0.717, 1.165) is 71.5 Å². The monoisotopic (exact) mass is 536 g/mol. The Morgan fingerprint density at radius 2 is 1.97 bits per heavy atom. The van der Waals surface area contributed by atoms with Crippen molar-refractivity contribution in [2.45, 2.75) is 44.7 Å². The predicted octanol–water partition coefficient (Wildman–Crippen LogP) is 5.54. The number of methoxy groups -OCH3 is 1. The van der Waals surface area contributed by atoms with Crippen LogP contribution in [0.15, 0.2) is 53.8 Å². The average molecular weight is 537 g/mol. The van der Waals surface area contributed by atoms with Gasteiger partial charge in [0.1, 0.15) is 11.6 Å². The molecule has 2 heterocycles. The molecule has 0 atom stereocenters. The molecule has 0 radical (unpaired) electrons. The number of rotatable bonds is 6. The van der Waals surface area contributed by atoms with Gasteiger partial charge in [-0.2, -0.15) is 5.10 Å². The number of aromatic nitrogens is 2. The number of phenolic OH excluding ortho intramolecular Hbond substituents is 1. The van der Waals surface area contributed by atoms with E-state index in [1.54, 1.807) is 17.8 Å². The molecule has 0 amide bonds. The van der Waals surface area contributed by atoms with Crippen molar-refractivity contribution in [2.75, 3.05) is 12.4 Å². The summed E-state index contributed by atoms with van der Waals surface area (Å²) in [6, 6.07) is 10.6. The van der Waals surface area contributed by atoms with Crippen molar-refractivity contribution in [3.05, 3.63) is 70.8 Å². The smallest absolute Gasteiger partial charge is 0.167 e. The molecule has 6 N–H and O–H groups in total. The van der Waals surface area contributed by atoms with Crippen molar-refractivity contribution in [2.24, 2.45) is 16.5 Å². The van der Waals surface area contributed by atoms with Gasteiger partial charge in [-0.25, -0.2) is 13.9 Å². The Morgan fingerprint density at radius 3 is 2.68 bits per heavy atom. The van der Waals surface area contributed by atoms with Gasteiger partial charge >= 0.3 is 0 Å². The summed E-state index contributed by atoms with van der Waals surface area (Å²) >= 11 is 6.20. The van der Waals surface area contributed by atoms with Crippen molar-refractivity contribution < 1.29 is 14.2 Å². The molecule has 2 aromatic heterocycles. The Bertz CT molecular complexity index is 1530. The number of benzene rings is 2. The fraction of sp³-hybridized carbons (Fsp3) is 0.286. The quantitative estimate of drug-likeness (QED) is 0.190. The molecule has 10 heteroatoms. The minimum atomic E-state index is -0.836. The highest BCUT2D eigenvalue weighted by atomic mass is 35.5. The second-order valence-corrected chi connectivity index (χ2v) is 10.1. The zero-order valence-electron chi connectivity index (χ0n) is 21.2. The van der Waals surface area contributed by atoms with Crippen LogP contribution in [0.5, 0.6) is 11.5 Å². The van der Waals surface area contributed by atoms with Gasteiger partial charge in [0.05, 0.1) is 40.8 Å². The van der Waals surface area contributed by atoms with E-state index in [-0.39, 0.29) is 28.6 Å². The molecule has 1 fully saturated rings. The molecular formula is C28H30ClFN6O2. The fourth-order valence-corrected chi connectivity index (χ4v) is 5.11. The van der Waals surface area contributed by atoms with Crippen molar-refractivity contribution in [3.63, 3.8) is 0 Å². The van der Waals surface area contributed by atoms with Crippen LogP contribution in [-0.2, 0) is 0 Å². The number of anilines is 1. The predicted molar refractivity (Wildman–Crippen MR) is 149 cm³/mol. The molecule has 0 bridgehead atoms. The summed E-state index contributed by atoms with van der Waals surface area (Å²) in [6.07, 6.45) is 7.31. The number of ether oxygens (including phenoxy) is 1. The Hall–Kier alpha value is -3.82. The summed E-state index contributed by atoms with van der Waals surface area (Å²) in [5, 5.41) is 18.0. The largest absolute Gasteiger partial charge is 0.505 e. The number of phenols is 1. The molecule has 0 spiro atoms. The zero-order valence-corrected chi connectivity index (χ0v) is 22.0. The second kappa shape index (κ2) is 10.5. The molecular weight excluding hydrogens is 507 g/mol. The maximum absolute atomic E-state index is 14.0. The molecule has 198 valence electrons. The van der Waals surface area contributed by atoms with Gasteiger partial charge in [0.25, 0.3) is 0 Å². The van der Waals surface area contributed by atoms with Crippen LogP contribution < -0.4 is 21.5 Å². The van der Waals surface area contributed by atoms with E-state index >= 15 is 0 Å². The zero-order chi connectivity index (χ0) is 27.0. The van der Waals surface area contributed by atoms with E-state index in [2.05, 4.69) is 21.5 Å². The van der Waals surface area contributed by atoms with Gasteiger partial charge in [-0.1, -0.05) is 17.7 Å². The summed E-state index contributed by atoms with van der Waals surface area (Å²) in [6.45, 7) is 2.04. The number of nitrogens with zero attached hydrogens (tertiary/aromatic N) is 3. The standard InChI is InChI=1S/C28H30ClFN6O2/c1-15-9-19(38-2)7-8-20(15)16-10-25-27(34-18-5-3-17(31)4-6-18)21(13-33-36(25)14-16)28(32)35-24-12-23(30)26(37)11-22(24)29/h7-14,17-18,34,37H,3-6,31H2,1-2H3,(H2,32,35)/t17-,18-. The van der Waals surface area contributed by atoms with Crippen LogP contribution in [0.3, 0.4) is 0 Å². The van der Waals surface area contributed by atoms with Crippen LogP contribution in [0.25, 0.3) is 16.6 Å². The molecule has 4 aromatic rings. The normalized spacial score (nSPS) is 18.1. The first-order valence-electron chi connectivity index (χ1n) is 12.4. The summed E-state index contributed by atoms with van der Waals surface area (Å²) in [7, 11) is 1.65. The first kappa shape index (κ1) is 25.8. The number of aryl methyl sites for hydroxylation is 1. The van der Waals surface area contributed by atoms with Gasteiger partial charge in [-0.15, -0.1) is 0 Å². The molecule has 5 rings (SSSR count). The third-order valence-corrected chi connectivity index (χ3v) is 7.34. The summed E-state index contributed by atoms with van der Waals surface area (Å²) in [4.78, 5) is 4.39. The van der Waals surface area contributed by atoms with Gasteiger partial charge in [0.15, 0.2) is 11.6 Å². The minimum absolute atomic E-state index is 0.0802. The Morgan fingerprint density at radius 1 is 1.21 bits per heavy atom. The van der Waals surface area contributed by atoms with Gasteiger partial charge in [-0.3, -0.25) is 0 Å². The minimum Gasteiger partial charge on any atom is -0.505 e. The number of fused-ring (bicyclic) bond motifs is 1. The number of amidine groups is 1. The third-order valence-electron chi connectivity index (χ3n) is 7.04. The van der Waals surface area contributed by atoms with Crippen molar-refractivity contribution in [3.8, 4) is 22.6 Å². The lowest BCUT2D eigenvalue weighted by atomic mass is 9.91. The van der Waals surface area contributed by atoms with E-state index in [4.69, 9.17) is 27.8 Å². The summed E-state index contributed by atoms with van der Waals surface area (Å²) in [5.74, 6) is -0.479. The molecule has 1 aliphatic rings. The molecule has 0 saturated heterocycles. The van der Waals surface area contributed by atoms with Gasteiger partial charge < -0.3 is 26.6 Å². The number of hydrogen-bond donors (Lipinski definition) is 4. The van der Waals surface area contributed by atoms with E-state index in [9.17, 15) is 9.50 Å². The number of nitrogens with one attached hydrogen (secondary N) is 1. The molecule has 0 unspecified atom stereocenters. The Balaban J connectivity index is 1.62. The SMILES string of the molecule is COc1ccc(-c2cc3c(N[C@H]4CC[C@H](N)CC4)c(/C(N)=N/c4cc(F)c(O)cc4Cl)cnn3c2)c(C)c1. The highest BCUT2D eigenvalue weighted by Crippen LogP contribution is 2.35. The van der Waals surface area contributed by atoms with E-state index in [1.807, 2.05) is 31.3 Å². The van der Waals surface area contributed by atoms with Crippen LogP contribution >= 0.6 is 11.6 Å². The van der Waals surface area contributed by atoms with Crippen LogP contribution in [0.1, 0.15) is 36.8 Å². The van der Waals surface area contributed by atoms with Crippen LogP contribution in [0.2, 0.25) is 5.02 Å². The van der Waals surface area contributed by atoms with Gasteiger partial charge in [-0.05, 0) is 61.9 Å². The first-order valence-corrected chi connectivity index (χ1v) is 12.8. The van der Waals surface area contributed by atoms with Crippen molar-refractivity contribution >= 4 is 34.3 Å². The highest BCUT2D eigenvalue weighted by Gasteiger charge is 2.23. The molecule has 1 saturated carbocycles. The maximum atomic E-state index is 14.0. The topological polar surface area (TPSA) is 123 Å². The lowest BCUT2D eigenvalue weighted by molar-refractivity contribution is 0.411. The maximum Gasteiger partial charge on any atom is 0.167 e. The number of nitrogens with two attached hydrogens (primary N) is 2. The van der Waals surface area contributed by atoms with Gasteiger partial charge in [0, 0.05) is 36.0 Å². The summed E-state index contributed by atoms with van der Waals surface area (Å²) < 4.78 is 21.2. The van der Waals surface area contributed by atoms with Crippen LogP contribution in [0.4, 0.5) is 15.8 Å². The van der Waals surface area contributed by atoms with Gasteiger partial charge in [0.2, 0.25) is 0 Å². The molecule has 0 aliphatic heterocycles. The van der Waals surface area contributed by atoms with Crippen molar-refractivity contribution in [1.29, 1.82) is 0 Å². The molecule has 38 heavy (non-hydrogen) atoms. The lowest BCUT2D eigenvalue weighted by Crippen LogP contribution is -2.33. The van der Waals surface area contributed by atoms with E-state index < -0.39 is 11.6 Å². The Kier molecular flexibility index (Phi) is 7.14. The van der Waals surface area contributed by atoms with E-state index in [0.29, 0.717) is 5.56 Å². The second-order valence-electron chi connectivity index (χ2n) is 9.68. The molecule has 2 aromatic carbocycles. The number of halogens is 2. The third kappa shape index (κ3) is 5.12. The summed E-state index contributed by atoms with van der Waals surface area (Å²) in [5.41, 5.74) is 18.0. The first-order chi connectivity index (χ1) is 18.2. The molecule has 8 nitrogen and oxygen atoms in total. The van der Waals surface area contributed by atoms with E-state index in [1.165, 1.54) is 0 Å². The highest BCUT2D eigenvalue weighted by molar-refractivity contribution is 6.33. The lowest BCUT2D eigenvalue weighted by Gasteiger charge is -2.28.